The average Bonchev–Trinajstić information content (AvgIpc) is 2.77. The lowest BCUT2D eigenvalue weighted by Gasteiger charge is -2.04. The SMILES string of the molecule is Cc1cc(-c2noc(C(C)C)c2C(=O)O)ccc1Br. The zero-order chi connectivity index (χ0) is 14.2. The molecule has 0 aliphatic heterocycles. The van der Waals surface area contributed by atoms with E-state index in [0.717, 1.165) is 15.6 Å². The number of hydrogen-bond acceptors (Lipinski definition) is 3. The normalized spacial score (nSPS) is 11.0. The molecule has 0 radical (unpaired) electrons. The van der Waals surface area contributed by atoms with Gasteiger partial charge in [-0.1, -0.05) is 41.0 Å². The third kappa shape index (κ3) is 2.56. The van der Waals surface area contributed by atoms with Crippen LogP contribution in [0.5, 0.6) is 0 Å². The Morgan fingerprint density at radius 2 is 2.11 bits per heavy atom. The third-order valence-corrected chi connectivity index (χ3v) is 3.78. The van der Waals surface area contributed by atoms with Crippen LogP contribution in [0.2, 0.25) is 0 Å². The van der Waals surface area contributed by atoms with E-state index >= 15 is 0 Å². The first-order valence-corrected chi connectivity index (χ1v) is 6.70. The molecule has 0 amide bonds. The largest absolute Gasteiger partial charge is 0.477 e. The second-order valence-electron chi connectivity index (χ2n) is 4.69. The van der Waals surface area contributed by atoms with Gasteiger partial charge in [0.1, 0.15) is 11.3 Å². The summed E-state index contributed by atoms with van der Waals surface area (Å²) >= 11 is 3.42. The van der Waals surface area contributed by atoms with Crippen LogP contribution in [0.1, 0.15) is 41.4 Å². The molecule has 0 saturated carbocycles. The molecule has 5 heteroatoms. The highest BCUT2D eigenvalue weighted by molar-refractivity contribution is 9.10. The fraction of sp³-hybridized carbons (Fsp3) is 0.286. The van der Waals surface area contributed by atoms with E-state index < -0.39 is 5.97 Å². The molecule has 0 aliphatic carbocycles. The molecule has 1 aromatic carbocycles. The highest BCUT2D eigenvalue weighted by Gasteiger charge is 2.25. The Morgan fingerprint density at radius 3 is 2.63 bits per heavy atom. The van der Waals surface area contributed by atoms with Crippen molar-refractivity contribution in [1.82, 2.24) is 5.16 Å². The zero-order valence-electron chi connectivity index (χ0n) is 10.9. The lowest BCUT2D eigenvalue weighted by molar-refractivity contribution is 0.0694. The van der Waals surface area contributed by atoms with E-state index in [1.54, 1.807) is 0 Å². The Labute approximate surface area is 119 Å². The van der Waals surface area contributed by atoms with Crippen molar-refractivity contribution < 1.29 is 14.4 Å². The molecule has 2 rings (SSSR count). The quantitative estimate of drug-likeness (QED) is 0.917. The smallest absolute Gasteiger partial charge is 0.341 e. The number of nitrogens with zero attached hydrogens (tertiary/aromatic N) is 1. The predicted molar refractivity (Wildman–Crippen MR) is 75.4 cm³/mol. The number of aromatic carboxylic acids is 1. The summed E-state index contributed by atoms with van der Waals surface area (Å²) in [5, 5.41) is 13.3. The van der Waals surface area contributed by atoms with Crippen molar-refractivity contribution in [3.63, 3.8) is 0 Å². The van der Waals surface area contributed by atoms with Gasteiger partial charge < -0.3 is 9.63 Å². The van der Waals surface area contributed by atoms with Gasteiger partial charge in [-0.3, -0.25) is 0 Å². The van der Waals surface area contributed by atoms with Crippen molar-refractivity contribution in [3.8, 4) is 11.3 Å². The molecular weight excluding hydrogens is 310 g/mol. The fourth-order valence-electron chi connectivity index (χ4n) is 1.89. The molecule has 1 N–H and O–H groups in total. The van der Waals surface area contributed by atoms with Gasteiger partial charge in [-0.2, -0.15) is 0 Å². The minimum atomic E-state index is -1.01. The first kappa shape index (κ1) is 13.8. The van der Waals surface area contributed by atoms with Crippen molar-refractivity contribution >= 4 is 21.9 Å². The minimum Gasteiger partial charge on any atom is -0.477 e. The molecule has 1 heterocycles. The summed E-state index contributed by atoms with van der Waals surface area (Å²) in [5.74, 6) is -0.632. The standard InChI is InChI=1S/C14H14BrNO3/c1-7(2)13-11(14(17)18)12(16-19-13)9-4-5-10(15)8(3)6-9/h4-7H,1-3H3,(H,17,18). The lowest BCUT2D eigenvalue weighted by Crippen LogP contribution is -2.02. The summed E-state index contributed by atoms with van der Waals surface area (Å²) in [6, 6.07) is 5.59. The van der Waals surface area contributed by atoms with Crippen LogP contribution in [0, 0.1) is 6.92 Å². The Bertz CT molecular complexity index is 632. The molecule has 0 spiro atoms. The molecule has 0 unspecified atom stereocenters. The summed E-state index contributed by atoms with van der Waals surface area (Å²) in [6.07, 6.45) is 0. The maximum absolute atomic E-state index is 11.4. The van der Waals surface area contributed by atoms with Crippen LogP contribution in [-0.2, 0) is 0 Å². The number of aryl methyl sites for hydroxylation is 1. The molecule has 1 aromatic heterocycles. The molecule has 19 heavy (non-hydrogen) atoms. The van der Waals surface area contributed by atoms with Crippen LogP contribution < -0.4 is 0 Å². The summed E-state index contributed by atoms with van der Waals surface area (Å²) in [6.45, 7) is 5.70. The van der Waals surface area contributed by atoms with E-state index in [1.807, 2.05) is 39.0 Å². The van der Waals surface area contributed by atoms with Gasteiger partial charge in [0.15, 0.2) is 5.76 Å². The average molecular weight is 324 g/mol. The van der Waals surface area contributed by atoms with Crippen LogP contribution in [0.25, 0.3) is 11.3 Å². The number of benzene rings is 1. The molecule has 2 aromatic rings. The van der Waals surface area contributed by atoms with Crippen molar-refractivity contribution in [1.29, 1.82) is 0 Å². The molecular formula is C14H14BrNO3. The van der Waals surface area contributed by atoms with Gasteiger partial charge in [-0.15, -0.1) is 0 Å². The molecule has 0 saturated heterocycles. The van der Waals surface area contributed by atoms with Gasteiger partial charge in [-0.05, 0) is 24.6 Å². The summed E-state index contributed by atoms with van der Waals surface area (Å²) in [4.78, 5) is 11.4. The maximum Gasteiger partial charge on any atom is 0.341 e. The minimum absolute atomic E-state index is 0.0242. The Kier molecular flexibility index (Phi) is 3.75. The van der Waals surface area contributed by atoms with Gasteiger partial charge in [0.25, 0.3) is 0 Å². The Hall–Kier alpha value is -1.62. The van der Waals surface area contributed by atoms with Crippen molar-refractivity contribution in [2.24, 2.45) is 0 Å². The summed E-state index contributed by atoms with van der Waals surface area (Å²) in [7, 11) is 0. The summed E-state index contributed by atoms with van der Waals surface area (Å²) in [5.41, 5.74) is 2.29. The zero-order valence-corrected chi connectivity index (χ0v) is 12.5. The first-order chi connectivity index (χ1) is 8.91. The highest BCUT2D eigenvalue weighted by Crippen LogP contribution is 2.31. The Morgan fingerprint density at radius 1 is 1.42 bits per heavy atom. The number of aromatic nitrogens is 1. The number of rotatable bonds is 3. The van der Waals surface area contributed by atoms with E-state index in [-0.39, 0.29) is 11.5 Å². The number of carboxylic acids is 1. The second-order valence-corrected chi connectivity index (χ2v) is 5.55. The second kappa shape index (κ2) is 5.17. The van der Waals surface area contributed by atoms with Gasteiger partial charge >= 0.3 is 5.97 Å². The van der Waals surface area contributed by atoms with Gasteiger partial charge in [0, 0.05) is 16.0 Å². The molecule has 0 fully saturated rings. The molecule has 0 atom stereocenters. The lowest BCUT2D eigenvalue weighted by atomic mass is 10.0. The van der Waals surface area contributed by atoms with Crippen molar-refractivity contribution in [3.05, 3.63) is 39.6 Å². The van der Waals surface area contributed by atoms with Crippen LogP contribution in [-0.4, -0.2) is 16.2 Å². The van der Waals surface area contributed by atoms with E-state index in [2.05, 4.69) is 21.1 Å². The van der Waals surface area contributed by atoms with Gasteiger partial charge in [0.2, 0.25) is 0 Å². The van der Waals surface area contributed by atoms with Crippen LogP contribution >= 0.6 is 15.9 Å². The van der Waals surface area contributed by atoms with Gasteiger partial charge in [0.05, 0.1) is 0 Å². The monoisotopic (exact) mass is 323 g/mol. The predicted octanol–water partition coefficient (Wildman–Crippen LogP) is 4.23. The number of halogens is 1. The molecule has 0 aliphatic rings. The third-order valence-electron chi connectivity index (χ3n) is 2.89. The van der Waals surface area contributed by atoms with E-state index in [0.29, 0.717) is 11.5 Å². The molecule has 100 valence electrons. The number of carbonyl (C=O) groups is 1. The van der Waals surface area contributed by atoms with Crippen LogP contribution in [0.15, 0.2) is 27.2 Å². The molecule has 0 bridgehead atoms. The maximum atomic E-state index is 11.4. The van der Waals surface area contributed by atoms with Crippen molar-refractivity contribution in [2.75, 3.05) is 0 Å². The van der Waals surface area contributed by atoms with Crippen LogP contribution in [0.3, 0.4) is 0 Å². The van der Waals surface area contributed by atoms with E-state index in [4.69, 9.17) is 4.52 Å². The Balaban J connectivity index is 2.62. The fourth-order valence-corrected chi connectivity index (χ4v) is 2.14. The van der Waals surface area contributed by atoms with E-state index in [9.17, 15) is 9.90 Å². The number of hydrogen-bond donors (Lipinski definition) is 1. The highest BCUT2D eigenvalue weighted by atomic mass is 79.9. The van der Waals surface area contributed by atoms with Crippen LogP contribution in [0.4, 0.5) is 0 Å². The van der Waals surface area contributed by atoms with E-state index in [1.165, 1.54) is 0 Å². The number of carboxylic acid groups (broad SMARTS) is 1. The first-order valence-electron chi connectivity index (χ1n) is 5.91. The summed E-state index contributed by atoms with van der Waals surface area (Å²) < 4.78 is 6.17. The van der Waals surface area contributed by atoms with Crippen molar-refractivity contribution in [2.45, 2.75) is 26.7 Å². The van der Waals surface area contributed by atoms with Gasteiger partial charge in [-0.25, -0.2) is 4.79 Å². The topological polar surface area (TPSA) is 63.3 Å². The molecule has 4 nitrogen and oxygen atoms in total.